The fourth-order valence-corrected chi connectivity index (χ4v) is 2.12. The van der Waals surface area contributed by atoms with Crippen LogP contribution < -0.4 is 0 Å². The fraction of sp³-hybridized carbons (Fsp3) is 0.133. The topological polar surface area (TPSA) is 12.9 Å². The predicted octanol–water partition coefficient (Wildman–Crippen LogP) is 3.71. The van der Waals surface area contributed by atoms with Crippen LogP contribution >= 0.6 is 0 Å². The van der Waals surface area contributed by atoms with Crippen molar-refractivity contribution in [3.05, 3.63) is 59.8 Å². The first kappa shape index (κ1) is 9.34. The standard InChI is InChI=1S/C15H13N/c1-2-6-13-11-14(9-8-12(13)5-1)15-7-3-4-10-16-15/h2-4,6-11H,1,5H2. The predicted molar refractivity (Wildman–Crippen MR) is 67.0 cm³/mol. The molecule has 0 fully saturated rings. The molecule has 1 aliphatic rings. The molecule has 1 nitrogen and oxygen atoms in total. The van der Waals surface area contributed by atoms with Gasteiger partial charge in [0.15, 0.2) is 0 Å². The molecule has 0 unspecified atom stereocenters. The Morgan fingerprint density at radius 1 is 1.06 bits per heavy atom. The Morgan fingerprint density at radius 2 is 2.06 bits per heavy atom. The number of nitrogens with zero attached hydrogens (tertiary/aromatic N) is 1. The molecule has 3 rings (SSSR count). The van der Waals surface area contributed by atoms with Crippen molar-refractivity contribution in [2.75, 3.05) is 0 Å². The van der Waals surface area contributed by atoms with Crippen LogP contribution in [0.15, 0.2) is 48.7 Å². The van der Waals surface area contributed by atoms with Gasteiger partial charge in [0.2, 0.25) is 0 Å². The molecule has 0 spiro atoms. The molecular formula is C15H13N. The van der Waals surface area contributed by atoms with E-state index in [-0.39, 0.29) is 0 Å². The van der Waals surface area contributed by atoms with Crippen molar-refractivity contribution in [2.24, 2.45) is 0 Å². The van der Waals surface area contributed by atoms with E-state index >= 15 is 0 Å². The molecule has 2 aromatic rings. The smallest absolute Gasteiger partial charge is 0.0702 e. The third-order valence-corrected chi connectivity index (χ3v) is 2.98. The molecule has 16 heavy (non-hydrogen) atoms. The molecule has 0 bridgehead atoms. The number of fused-ring (bicyclic) bond motifs is 1. The lowest BCUT2D eigenvalue weighted by Crippen LogP contribution is -1.94. The number of benzene rings is 1. The van der Waals surface area contributed by atoms with E-state index in [0.29, 0.717) is 0 Å². The van der Waals surface area contributed by atoms with E-state index in [1.165, 1.54) is 16.7 Å². The van der Waals surface area contributed by atoms with Crippen LogP contribution in [0.2, 0.25) is 0 Å². The summed E-state index contributed by atoms with van der Waals surface area (Å²) in [5, 5.41) is 0. The van der Waals surface area contributed by atoms with Gasteiger partial charge in [-0.05, 0) is 42.2 Å². The van der Waals surface area contributed by atoms with Crippen LogP contribution in [0.1, 0.15) is 17.5 Å². The molecule has 0 N–H and O–H groups in total. The summed E-state index contributed by atoms with van der Waals surface area (Å²) in [5.74, 6) is 0. The third kappa shape index (κ3) is 1.65. The average Bonchev–Trinajstić information content (AvgIpc) is 2.39. The van der Waals surface area contributed by atoms with Crippen LogP contribution in [0.4, 0.5) is 0 Å². The number of hydrogen-bond donors (Lipinski definition) is 0. The lowest BCUT2D eigenvalue weighted by molar-refractivity contribution is 0.986. The number of pyridine rings is 1. The molecule has 0 aliphatic heterocycles. The van der Waals surface area contributed by atoms with Gasteiger partial charge in [0.25, 0.3) is 0 Å². The number of rotatable bonds is 1. The minimum atomic E-state index is 1.05. The summed E-state index contributed by atoms with van der Waals surface area (Å²) in [6.07, 6.45) is 8.62. The molecular weight excluding hydrogens is 194 g/mol. The van der Waals surface area contributed by atoms with Crippen LogP contribution in [-0.2, 0) is 6.42 Å². The van der Waals surface area contributed by atoms with Crippen molar-refractivity contribution in [2.45, 2.75) is 12.8 Å². The van der Waals surface area contributed by atoms with E-state index in [4.69, 9.17) is 0 Å². The highest BCUT2D eigenvalue weighted by Crippen LogP contribution is 2.25. The van der Waals surface area contributed by atoms with E-state index in [9.17, 15) is 0 Å². The van der Waals surface area contributed by atoms with Crippen molar-refractivity contribution >= 4 is 6.08 Å². The van der Waals surface area contributed by atoms with Crippen molar-refractivity contribution < 1.29 is 0 Å². The quantitative estimate of drug-likeness (QED) is 0.694. The minimum Gasteiger partial charge on any atom is -0.256 e. The normalized spacial score (nSPS) is 13.5. The second-order valence-corrected chi connectivity index (χ2v) is 4.07. The Bertz CT molecular complexity index is 526. The molecule has 0 saturated heterocycles. The summed E-state index contributed by atoms with van der Waals surface area (Å²) in [6, 6.07) is 12.6. The summed E-state index contributed by atoms with van der Waals surface area (Å²) in [5.41, 5.74) is 5.03. The fourth-order valence-electron chi connectivity index (χ4n) is 2.12. The summed E-state index contributed by atoms with van der Waals surface area (Å²) in [4.78, 5) is 4.37. The Kier molecular flexibility index (Phi) is 2.30. The minimum absolute atomic E-state index is 1.05. The van der Waals surface area contributed by atoms with Crippen molar-refractivity contribution in [1.82, 2.24) is 4.98 Å². The van der Waals surface area contributed by atoms with Crippen LogP contribution in [0.25, 0.3) is 17.3 Å². The monoisotopic (exact) mass is 207 g/mol. The van der Waals surface area contributed by atoms with Gasteiger partial charge in [0.1, 0.15) is 0 Å². The van der Waals surface area contributed by atoms with Crippen LogP contribution in [0, 0.1) is 0 Å². The molecule has 0 saturated carbocycles. The first-order valence-electron chi connectivity index (χ1n) is 5.64. The van der Waals surface area contributed by atoms with Crippen LogP contribution in [0.5, 0.6) is 0 Å². The Balaban J connectivity index is 2.08. The third-order valence-electron chi connectivity index (χ3n) is 2.98. The largest absolute Gasteiger partial charge is 0.256 e. The van der Waals surface area contributed by atoms with Gasteiger partial charge >= 0.3 is 0 Å². The van der Waals surface area contributed by atoms with Crippen molar-refractivity contribution in [1.29, 1.82) is 0 Å². The zero-order valence-electron chi connectivity index (χ0n) is 9.06. The zero-order chi connectivity index (χ0) is 10.8. The summed E-state index contributed by atoms with van der Waals surface area (Å²) in [7, 11) is 0. The van der Waals surface area contributed by atoms with Gasteiger partial charge in [0.05, 0.1) is 5.69 Å². The maximum Gasteiger partial charge on any atom is 0.0702 e. The molecule has 1 heterocycles. The second kappa shape index (κ2) is 3.93. The van der Waals surface area contributed by atoms with Gasteiger partial charge in [-0.3, -0.25) is 4.98 Å². The van der Waals surface area contributed by atoms with Gasteiger partial charge in [-0.1, -0.05) is 30.4 Å². The van der Waals surface area contributed by atoms with Gasteiger partial charge in [-0.2, -0.15) is 0 Å². The maximum absolute atomic E-state index is 4.37. The van der Waals surface area contributed by atoms with Crippen molar-refractivity contribution in [3.8, 4) is 11.3 Å². The average molecular weight is 207 g/mol. The SMILES string of the molecule is C1=Cc2cc(-c3ccccn3)ccc2CC1. The summed E-state index contributed by atoms with van der Waals surface area (Å²) >= 11 is 0. The molecule has 1 aliphatic carbocycles. The highest BCUT2D eigenvalue weighted by atomic mass is 14.7. The molecule has 1 aromatic carbocycles. The van der Waals surface area contributed by atoms with Crippen LogP contribution in [-0.4, -0.2) is 4.98 Å². The molecule has 78 valence electrons. The molecule has 1 heteroatoms. The van der Waals surface area contributed by atoms with Gasteiger partial charge in [-0.25, -0.2) is 0 Å². The first-order chi connectivity index (χ1) is 7.93. The molecule has 0 amide bonds. The van der Waals surface area contributed by atoms with Gasteiger partial charge < -0.3 is 0 Å². The van der Waals surface area contributed by atoms with E-state index in [0.717, 1.165) is 18.5 Å². The first-order valence-corrected chi connectivity index (χ1v) is 5.64. The molecule has 0 radical (unpaired) electrons. The Labute approximate surface area is 95.5 Å². The van der Waals surface area contributed by atoms with Crippen LogP contribution in [0.3, 0.4) is 0 Å². The number of allylic oxidation sites excluding steroid dienone is 1. The highest BCUT2D eigenvalue weighted by molar-refractivity contribution is 5.67. The Hall–Kier alpha value is -1.89. The van der Waals surface area contributed by atoms with E-state index in [1.807, 2.05) is 24.4 Å². The summed E-state index contributed by atoms with van der Waals surface area (Å²) < 4.78 is 0. The van der Waals surface area contributed by atoms with Gasteiger partial charge in [0, 0.05) is 11.8 Å². The lowest BCUT2D eigenvalue weighted by Gasteiger charge is -2.11. The number of hydrogen-bond acceptors (Lipinski definition) is 1. The number of aromatic nitrogens is 1. The van der Waals surface area contributed by atoms with E-state index in [2.05, 4.69) is 35.3 Å². The number of aryl methyl sites for hydroxylation is 1. The Morgan fingerprint density at radius 3 is 2.94 bits per heavy atom. The second-order valence-electron chi connectivity index (χ2n) is 4.07. The van der Waals surface area contributed by atoms with E-state index < -0.39 is 0 Å². The highest BCUT2D eigenvalue weighted by Gasteiger charge is 2.06. The summed E-state index contributed by atoms with van der Waals surface area (Å²) in [6.45, 7) is 0. The molecule has 1 aromatic heterocycles. The van der Waals surface area contributed by atoms with Crippen molar-refractivity contribution in [3.63, 3.8) is 0 Å². The van der Waals surface area contributed by atoms with Gasteiger partial charge in [-0.15, -0.1) is 0 Å². The maximum atomic E-state index is 4.37. The van der Waals surface area contributed by atoms with E-state index in [1.54, 1.807) is 0 Å². The molecule has 0 atom stereocenters. The lowest BCUT2D eigenvalue weighted by atomic mass is 9.95. The zero-order valence-corrected chi connectivity index (χ0v) is 9.06.